The number of hydrogen-bond acceptors (Lipinski definition) is 3. The number of aliphatic hydroxyl groups is 1. The molecule has 2 rings (SSSR count). The van der Waals surface area contributed by atoms with E-state index in [2.05, 4.69) is 4.42 Å². The van der Waals surface area contributed by atoms with E-state index in [1.54, 1.807) is 0 Å². The average molecular weight is 245 g/mol. The summed E-state index contributed by atoms with van der Waals surface area (Å²) in [6, 6.07) is 5.22. The maximum Gasteiger partial charge on any atom is 0.449 e. The second kappa shape index (κ2) is 4.05. The van der Waals surface area contributed by atoms with Crippen molar-refractivity contribution in [2.45, 2.75) is 12.3 Å². The van der Waals surface area contributed by atoms with Gasteiger partial charge in [0.25, 0.3) is 0 Å². The van der Waals surface area contributed by atoms with Crippen LogP contribution in [0.2, 0.25) is 0 Å². The van der Waals surface area contributed by atoms with Gasteiger partial charge >= 0.3 is 6.18 Å². The quantitative estimate of drug-likeness (QED) is 0.854. The Morgan fingerprint density at radius 1 is 1.29 bits per heavy atom. The second-order valence-corrected chi connectivity index (χ2v) is 3.66. The molecular formula is C11H10F3NO2. The fourth-order valence-corrected chi connectivity index (χ4v) is 1.54. The number of rotatable bonds is 2. The minimum absolute atomic E-state index is 0.00941. The van der Waals surface area contributed by atoms with Crippen LogP contribution >= 0.6 is 0 Å². The monoisotopic (exact) mass is 245 g/mol. The van der Waals surface area contributed by atoms with Crippen molar-refractivity contribution in [2.24, 2.45) is 5.73 Å². The first-order valence-electron chi connectivity index (χ1n) is 4.90. The smallest absolute Gasteiger partial charge is 0.449 e. The number of fused-ring (bicyclic) bond motifs is 1. The summed E-state index contributed by atoms with van der Waals surface area (Å²) >= 11 is 0. The lowest BCUT2D eigenvalue weighted by Gasteiger charge is -2.06. The first-order valence-corrected chi connectivity index (χ1v) is 4.90. The van der Waals surface area contributed by atoms with Gasteiger partial charge in [0.15, 0.2) is 0 Å². The van der Waals surface area contributed by atoms with Crippen LogP contribution in [0.1, 0.15) is 17.4 Å². The van der Waals surface area contributed by atoms with Crippen LogP contribution in [0, 0.1) is 0 Å². The van der Waals surface area contributed by atoms with Crippen LogP contribution in [0.4, 0.5) is 13.2 Å². The van der Waals surface area contributed by atoms with Crippen LogP contribution in [0.15, 0.2) is 28.7 Å². The molecule has 6 heteroatoms. The fraction of sp³-hybridized carbons (Fsp3) is 0.273. The SMILES string of the molecule is NCC(O)c1ccc2oc(C(F)(F)F)cc2c1. The molecule has 0 aliphatic heterocycles. The van der Waals surface area contributed by atoms with Crippen molar-refractivity contribution in [3.05, 3.63) is 35.6 Å². The van der Waals surface area contributed by atoms with Gasteiger partial charge in [0.05, 0.1) is 6.10 Å². The number of hydrogen-bond donors (Lipinski definition) is 2. The van der Waals surface area contributed by atoms with E-state index in [0.717, 1.165) is 6.07 Å². The predicted molar refractivity (Wildman–Crippen MR) is 55.2 cm³/mol. The first-order chi connectivity index (χ1) is 7.91. The molecule has 92 valence electrons. The summed E-state index contributed by atoms with van der Waals surface area (Å²) in [6.45, 7) is 0.00941. The van der Waals surface area contributed by atoms with Gasteiger partial charge in [-0.25, -0.2) is 0 Å². The van der Waals surface area contributed by atoms with Crippen molar-refractivity contribution < 1.29 is 22.7 Å². The Morgan fingerprint density at radius 2 is 2.00 bits per heavy atom. The number of aliphatic hydroxyl groups excluding tert-OH is 1. The number of nitrogens with two attached hydrogens (primary N) is 1. The van der Waals surface area contributed by atoms with Gasteiger partial charge in [-0.3, -0.25) is 0 Å². The van der Waals surface area contributed by atoms with Crippen molar-refractivity contribution in [3.8, 4) is 0 Å². The van der Waals surface area contributed by atoms with Gasteiger partial charge in [0, 0.05) is 11.9 Å². The molecule has 0 bridgehead atoms. The highest BCUT2D eigenvalue weighted by Crippen LogP contribution is 2.34. The van der Waals surface area contributed by atoms with Crippen LogP contribution in [-0.2, 0) is 6.18 Å². The van der Waals surface area contributed by atoms with Gasteiger partial charge in [-0.1, -0.05) is 6.07 Å². The lowest BCUT2D eigenvalue weighted by Crippen LogP contribution is -2.11. The van der Waals surface area contributed by atoms with E-state index in [1.807, 2.05) is 0 Å². The Bertz CT molecular complexity index is 533. The highest BCUT2D eigenvalue weighted by Gasteiger charge is 2.35. The number of furan rings is 1. The van der Waals surface area contributed by atoms with Crippen LogP contribution in [0.5, 0.6) is 0 Å². The molecule has 1 atom stereocenters. The molecule has 0 saturated carbocycles. The van der Waals surface area contributed by atoms with Gasteiger partial charge in [0.1, 0.15) is 5.58 Å². The third kappa shape index (κ3) is 2.27. The number of halogens is 3. The molecule has 3 N–H and O–H groups in total. The molecule has 0 aliphatic carbocycles. The molecule has 0 radical (unpaired) electrons. The molecule has 1 heterocycles. The topological polar surface area (TPSA) is 59.4 Å². The summed E-state index contributed by atoms with van der Waals surface area (Å²) in [5.41, 5.74) is 5.87. The van der Waals surface area contributed by atoms with Gasteiger partial charge in [-0.2, -0.15) is 13.2 Å². The molecular weight excluding hydrogens is 235 g/mol. The molecule has 0 amide bonds. The summed E-state index contributed by atoms with van der Waals surface area (Å²) in [6.07, 6.45) is -5.39. The molecule has 0 spiro atoms. The minimum atomic E-state index is -4.51. The zero-order chi connectivity index (χ0) is 12.6. The van der Waals surface area contributed by atoms with Crippen molar-refractivity contribution in [1.82, 2.24) is 0 Å². The first kappa shape index (κ1) is 11.9. The van der Waals surface area contributed by atoms with E-state index in [4.69, 9.17) is 5.73 Å². The Kier molecular flexibility index (Phi) is 2.84. The summed E-state index contributed by atoms with van der Waals surface area (Å²) in [5, 5.41) is 9.77. The van der Waals surface area contributed by atoms with E-state index in [9.17, 15) is 18.3 Å². The molecule has 1 aromatic carbocycles. The third-order valence-electron chi connectivity index (χ3n) is 2.43. The lowest BCUT2D eigenvalue weighted by atomic mass is 10.1. The molecule has 0 fully saturated rings. The minimum Gasteiger partial charge on any atom is -0.452 e. The molecule has 0 saturated heterocycles. The highest BCUT2D eigenvalue weighted by atomic mass is 19.4. The van der Waals surface area contributed by atoms with Crippen molar-refractivity contribution in [3.63, 3.8) is 0 Å². The summed E-state index contributed by atoms with van der Waals surface area (Å²) in [4.78, 5) is 0. The summed E-state index contributed by atoms with van der Waals surface area (Å²) < 4.78 is 41.8. The van der Waals surface area contributed by atoms with Gasteiger partial charge in [-0.15, -0.1) is 0 Å². The standard InChI is InChI=1S/C11H10F3NO2/c12-11(13,14)10-4-7-3-6(8(16)5-15)1-2-9(7)17-10/h1-4,8,16H,5,15H2. The Morgan fingerprint density at radius 3 is 2.59 bits per heavy atom. The lowest BCUT2D eigenvalue weighted by molar-refractivity contribution is -0.152. The van der Waals surface area contributed by atoms with Crippen LogP contribution in [0.25, 0.3) is 11.0 Å². The Hall–Kier alpha value is -1.53. The summed E-state index contributed by atoms with van der Waals surface area (Å²) in [5.74, 6) is -1.05. The van der Waals surface area contributed by atoms with E-state index < -0.39 is 18.0 Å². The Labute approximate surface area is 94.6 Å². The summed E-state index contributed by atoms with van der Waals surface area (Å²) in [7, 11) is 0. The van der Waals surface area contributed by atoms with Crippen molar-refractivity contribution in [1.29, 1.82) is 0 Å². The van der Waals surface area contributed by atoms with E-state index in [-0.39, 0.29) is 12.1 Å². The third-order valence-corrected chi connectivity index (χ3v) is 2.43. The maximum absolute atomic E-state index is 12.4. The molecule has 0 aliphatic rings. The molecule has 2 aromatic rings. The molecule has 1 aromatic heterocycles. The highest BCUT2D eigenvalue weighted by molar-refractivity contribution is 5.79. The van der Waals surface area contributed by atoms with Crippen molar-refractivity contribution >= 4 is 11.0 Å². The largest absolute Gasteiger partial charge is 0.452 e. The number of benzene rings is 1. The zero-order valence-corrected chi connectivity index (χ0v) is 8.66. The van der Waals surface area contributed by atoms with E-state index in [0.29, 0.717) is 10.9 Å². The van der Waals surface area contributed by atoms with Gasteiger partial charge in [0.2, 0.25) is 5.76 Å². The maximum atomic E-state index is 12.4. The van der Waals surface area contributed by atoms with Crippen LogP contribution in [-0.4, -0.2) is 11.7 Å². The van der Waals surface area contributed by atoms with Gasteiger partial charge in [-0.05, 0) is 23.8 Å². The Balaban J connectivity index is 2.48. The van der Waals surface area contributed by atoms with Crippen molar-refractivity contribution in [2.75, 3.05) is 6.54 Å². The van der Waals surface area contributed by atoms with Gasteiger partial charge < -0.3 is 15.3 Å². The number of alkyl halides is 3. The van der Waals surface area contributed by atoms with E-state index >= 15 is 0 Å². The second-order valence-electron chi connectivity index (χ2n) is 3.66. The fourth-order valence-electron chi connectivity index (χ4n) is 1.54. The zero-order valence-electron chi connectivity index (χ0n) is 8.66. The average Bonchev–Trinajstić information content (AvgIpc) is 2.70. The van der Waals surface area contributed by atoms with E-state index in [1.165, 1.54) is 18.2 Å². The normalized spacial score (nSPS) is 14.2. The van der Waals surface area contributed by atoms with Crippen LogP contribution in [0.3, 0.4) is 0 Å². The molecule has 1 unspecified atom stereocenters. The molecule has 17 heavy (non-hydrogen) atoms. The molecule has 3 nitrogen and oxygen atoms in total. The predicted octanol–water partition coefficient (Wildman–Crippen LogP) is 2.44. The van der Waals surface area contributed by atoms with Crippen LogP contribution < -0.4 is 5.73 Å².